The van der Waals surface area contributed by atoms with Gasteiger partial charge in [-0.3, -0.25) is 0 Å². The lowest BCUT2D eigenvalue weighted by molar-refractivity contribution is 0.674. The van der Waals surface area contributed by atoms with Crippen molar-refractivity contribution in [2.45, 2.75) is 6.17 Å². The number of benzene rings is 7. The maximum atomic E-state index is 5.04. The third-order valence-electron chi connectivity index (χ3n) is 9.66. The van der Waals surface area contributed by atoms with Crippen molar-refractivity contribution >= 4 is 65.0 Å². The number of aromatic nitrogens is 1. The summed E-state index contributed by atoms with van der Waals surface area (Å²) in [6.07, 6.45) is -0.225. The molecule has 7 aromatic carbocycles. The van der Waals surface area contributed by atoms with E-state index < -0.39 is 0 Å². The molecule has 0 bridgehead atoms. The average molecular weight is 659 g/mol. The lowest BCUT2D eigenvalue weighted by Crippen LogP contribution is -2.33. The summed E-state index contributed by atoms with van der Waals surface area (Å²) in [4.78, 5) is 10.0. The number of hydrogen-bond acceptors (Lipinski definition) is 4. The van der Waals surface area contributed by atoms with Gasteiger partial charge in [0.15, 0.2) is 5.84 Å². The van der Waals surface area contributed by atoms with Gasteiger partial charge in [-0.25, -0.2) is 9.98 Å². The highest BCUT2D eigenvalue weighted by Gasteiger charge is 2.22. The van der Waals surface area contributed by atoms with Crippen LogP contribution in [0.15, 0.2) is 180 Å². The molecule has 1 aliphatic rings. The number of para-hydroxylation sites is 2. The zero-order valence-corrected chi connectivity index (χ0v) is 27.8. The third kappa shape index (κ3) is 4.82. The minimum atomic E-state index is -0.225. The van der Waals surface area contributed by atoms with E-state index in [0.29, 0.717) is 0 Å². The van der Waals surface area contributed by atoms with Gasteiger partial charge >= 0.3 is 0 Å². The molecule has 5 heteroatoms. The number of amidine groups is 2. The molecule has 0 spiro atoms. The Hall–Kier alpha value is -6.30. The van der Waals surface area contributed by atoms with Crippen molar-refractivity contribution in [2.24, 2.45) is 9.98 Å². The van der Waals surface area contributed by atoms with Crippen LogP contribution in [0.3, 0.4) is 0 Å². The topological polar surface area (TPSA) is 41.7 Å². The van der Waals surface area contributed by atoms with E-state index in [2.05, 4.69) is 155 Å². The number of aliphatic imine (C=N–C) groups is 2. The minimum Gasteiger partial charge on any atom is -0.344 e. The summed E-state index contributed by atoms with van der Waals surface area (Å²) >= 11 is 1.83. The summed E-state index contributed by atoms with van der Waals surface area (Å²) in [5.74, 6) is 1.56. The maximum Gasteiger partial charge on any atom is 0.159 e. The fourth-order valence-electron chi connectivity index (χ4n) is 7.23. The van der Waals surface area contributed by atoms with E-state index in [9.17, 15) is 0 Å². The van der Waals surface area contributed by atoms with Crippen molar-refractivity contribution in [3.05, 3.63) is 187 Å². The maximum absolute atomic E-state index is 5.04. The van der Waals surface area contributed by atoms with Crippen LogP contribution < -0.4 is 5.32 Å². The summed E-state index contributed by atoms with van der Waals surface area (Å²) in [5, 5.41) is 8.67. The second-order valence-corrected chi connectivity index (χ2v) is 13.8. The fourth-order valence-corrected chi connectivity index (χ4v) is 8.35. The molecular formula is C45H30N4S. The Kier molecular flexibility index (Phi) is 6.71. The summed E-state index contributed by atoms with van der Waals surface area (Å²) in [6.45, 7) is 0. The zero-order valence-electron chi connectivity index (χ0n) is 27.0. The molecule has 10 rings (SSSR count). The van der Waals surface area contributed by atoms with E-state index in [4.69, 9.17) is 9.98 Å². The zero-order chi connectivity index (χ0) is 33.0. The van der Waals surface area contributed by atoms with Crippen molar-refractivity contribution in [1.82, 2.24) is 9.88 Å². The van der Waals surface area contributed by atoms with Gasteiger partial charge in [0, 0.05) is 47.8 Å². The standard InChI is InChI=1S/C45H30N4S/c1-4-12-29(13-5-1)43-46-44(30-14-6-2-7-15-30)48-45(47-43)33-21-24-37-38-26-31(22-25-41(38)50-42(37)28-33)32-20-23-36-35-18-10-11-19-39(35)49(40(36)27-32)34-16-8-3-9-17-34/h1-28,43H,(H,46,47,48). The molecule has 3 heterocycles. The molecule has 1 unspecified atom stereocenters. The Morgan fingerprint density at radius 1 is 0.480 bits per heavy atom. The van der Waals surface area contributed by atoms with Gasteiger partial charge in [-0.05, 0) is 59.2 Å². The molecule has 0 aliphatic carbocycles. The van der Waals surface area contributed by atoms with Crippen LogP contribution in [0.25, 0.3) is 58.8 Å². The van der Waals surface area contributed by atoms with Crippen LogP contribution in [0.2, 0.25) is 0 Å². The predicted molar refractivity (Wildman–Crippen MR) is 211 cm³/mol. The van der Waals surface area contributed by atoms with Crippen LogP contribution >= 0.6 is 11.3 Å². The summed E-state index contributed by atoms with van der Waals surface area (Å²) < 4.78 is 4.89. The van der Waals surface area contributed by atoms with E-state index in [1.165, 1.54) is 58.8 Å². The van der Waals surface area contributed by atoms with Crippen molar-refractivity contribution in [3.63, 3.8) is 0 Å². The second-order valence-electron chi connectivity index (χ2n) is 12.7. The van der Waals surface area contributed by atoms with Crippen LogP contribution in [-0.2, 0) is 0 Å². The predicted octanol–water partition coefficient (Wildman–Crippen LogP) is 11.3. The Morgan fingerprint density at radius 2 is 1.14 bits per heavy atom. The van der Waals surface area contributed by atoms with Gasteiger partial charge < -0.3 is 9.88 Å². The summed E-state index contributed by atoms with van der Waals surface area (Å²) in [7, 11) is 0. The normalized spacial score (nSPS) is 14.6. The quantitative estimate of drug-likeness (QED) is 0.196. The molecule has 1 N–H and O–H groups in total. The van der Waals surface area contributed by atoms with Crippen molar-refractivity contribution in [1.29, 1.82) is 0 Å². The second kappa shape index (κ2) is 11.7. The number of nitrogens with zero attached hydrogens (tertiary/aromatic N) is 3. The van der Waals surface area contributed by atoms with Gasteiger partial charge in [0.2, 0.25) is 0 Å². The molecule has 236 valence electrons. The SMILES string of the molecule is c1ccc(C2=NC(c3ccccc3)NC(c3ccc4c(c3)sc3ccc(-c5ccc6c7ccccc7n(-c7ccccc7)c6c5)cc34)=N2)cc1. The van der Waals surface area contributed by atoms with Gasteiger partial charge in [-0.2, -0.15) is 0 Å². The average Bonchev–Trinajstić information content (AvgIpc) is 3.73. The molecular weight excluding hydrogens is 629 g/mol. The number of thiophene rings is 1. The van der Waals surface area contributed by atoms with Crippen LogP contribution in [0.1, 0.15) is 22.9 Å². The van der Waals surface area contributed by atoms with E-state index in [1.54, 1.807) is 0 Å². The molecule has 0 amide bonds. The number of nitrogens with one attached hydrogen (secondary N) is 1. The Morgan fingerprint density at radius 3 is 1.98 bits per heavy atom. The lowest BCUT2D eigenvalue weighted by Gasteiger charge is -2.23. The lowest BCUT2D eigenvalue weighted by atomic mass is 10.0. The highest BCUT2D eigenvalue weighted by Crippen LogP contribution is 2.39. The van der Waals surface area contributed by atoms with Crippen molar-refractivity contribution in [3.8, 4) is 16.8 Å². The highest BCUT2D eigenvalue weighted by molar-refractivity contribution is 7.25. The van der Waals surface area contributed by atoms with Crippen molar-refractivity contribution in [2.75, 3.05) is 0 Å². The number of fused-ring (bicyclic) bond motifs is 6. The van der Waals surface area contributed by atoms with Crippen LogP contribution in [0.4, 0.5) is 0 Å². The molecule has 4 nitrogen and oxygen atoms in total. The number of rotatable bonds is 5. The smallest absolute Gasteiger partial charge is 0.159 e. The first-order valence-corrected chi connectivity index (χ1v) is 17.7. The van der Waals surface area contributed by atoms with Gasteiger partial charge in [0.05, 0.1) is 11.0 Å². The summed E-state index contributed by atoms with van der Waals surface area (Å²) in [6, 6.07) is 60.4. The first kappa shape index (κ1) is 28.7. The van der Waals surface area contributed by atoms with Gasteiger partial charge in [-0.1, -0.05) is 127 Å². The molecule has 0 radical (unpaired) electrons. The first-order valence-electron chi connectivity index (χ1n) is 16.9. The Bertz CT molecular complexity index is 2780. The van der Waals surface area contributed by atoms with Crippen molar-refractivity contribution < 1.29 is 0 Å². The molecule has 2 aromatic heterocycles. The third-order valence-corrected chi connectivity index (χ3v) is 10.8. The number of hydrogen-bond donors (Lipinski definition) is 1. The van der Waals surface area contributed by atoms with E-state index in [1.807, 2.05) is 35.6 Å². The Labute approximate surface area is 293 Å². The van der Waals surface area contributed by atoms with Gasteiger partial charge in [0.25, 0.3) is 0 Å². The molecule has 0 saturated carbocycles. The largest absolute Gasteiger partial charge is 0.344 e. The first-order chi connectivity index (χ1) is 24.8. The van der Waals surface area contributed by atoms with Crippen LogP contribution in [-0.4, -0.2) is 16.2 Å². The highest BCUT2D eigenvalue weighted by atomic mass is 32.1. The molecule has 1 atom stereocenters. The molecule has 9 aromatic rings. The summed E-state index contributed by atoms with van der Waals surface area (Å²) in [5.41, 5.74) is 9.17. The monoisotopic (exact) mass is 658 g/mol. The molecule has 1 aliphatic heterocycles. The fraction of sp³-hybridized carbons (Fsp3) is 0.0222. The van der Waals surface area contributed by atoms with Gasteiger partial charge in [-0.15, -0.1) is 11.3 Å². The van der Waals surface area contributed by atoms with Crippen LogP contribution in [0.5, 0.6) is 0 Å². The van der Waals surface area contributed by atoms with E-state index in [-0.39, 0.29) is 6.17 Å². The van der Waals surface area contributed by atoms with E-state index >= 15 is 0 Å². The van der Waals surface area contributed by atoms with Crippen LogP contribution in [0, 0.1) is 0 Å². The Balaban J connectivity index is 1.06. The van der Waals surface area contributed by atoms with Gasteiger partial charge in [0.1, 0.15) is 12.0 Å². The van der Waals surface area contributed by atoms with E-state index in [0.717, 1.165) is 28.4 Å². The minimum absolute atomic E-state index is 0.225. The molecule has 50 heavy (non-hydrogen) atoms. The molecule has 0 saturated heterocycles. The molecule has 0 fully saturated rings.